The Bertz CT molecular complexity index is 1130. The van der Waals surface area contributed by atoms with Crippen LogP contribution in [0.5, 0.6) is 0 Å². The minimum Gasteiger partial charge on any atom is -0.726 e. The molecule has 0 aliphatic rings. The van der Waals surface area contributed by atoms with Crippen LogP contribution in [0.1, 0.15) is 10.6 Å². The van der Waals surface area contributed by atoms with Crippen LogP contribution in [-0.4, -0.2) is 28.5 Å². The van der Waals surface area contributed by atoms with Gasteiger partial charge in [-0.15, -0.1) is 0 Å². The SMILES string of the molecule is COS(=O)(=O)[O-].Cc1ccc(S(=O)(=O)Cc2sc3ccccc3[n+]2C)cc1. The van der Waals surface area contributed by atoms with Crippen molar-refractivity contribution >= 4 is 41.8 Å². The van der Waals surface area contributed by atoms with Crippen molar-refractivity contribution in [1.82, 2.24) is 0 Å². The van der Waals surface area contributed by atoms with Gasteiger partial charge in [0.2, 0.25) is 15.9 Å². The number of sulfone groups is 1. The number of para-hydroxylation sites is 1. The van der Waals surface area contributed by atoms with Gasteiger partial charge in [-0.05, 0) is 25.1 Å². The molecule has 0 aliphatic heterocycles. The lowest BCUT2D eigenvalue weighted by Gasteiger charge is -2.02. The molecule has 146 valence electrons. The van der Waals surface area contributed by atoms with E-state index in [9.17, 15) is 21.4 Å². The first-order valence-corrected chi connectivity index (χ1v) is 11.5. The molecule has 0 amide bonds. The highest BCUT2D eigenvalue weighted by molar-refractivity contribution is 7.90. The third-order valence-electron chi connectivity index (χ3n) is 3.73. The molecular weight excluding hydrogens is 410 g/mol. The standard InChI is InChI=1S/C16H16NO2S2.CH4O4S/c1-12-7-9-13(10-8-12)21(18,19)11-16-17(2)14-5-3-4-6-15(14)20-16;1-5-6(2,3)4/h3-10H,11H2,1-2H3;1H3,(H,2,3,4)/q+1;/p-1. The Balaban J connectivity index is 0.000000380. The molecule has 0 radical (unpaired) electrons. The second kappa shape index (κ2) is 8.44. The first-order valence-electron chi connectivity index (χ1n) is 7.71. The number of rotatable bonds is 4. The van der Waals surface area contributed by atoms with E-state index in [1.165, 1.54) is 11.3 Å². The average Bonchev–Trinajstić information content (AvgIpc) is 2.91. The van der Waals surface area contributed by atoms with E-state index < -0.39 is 20.2 Å². The quantitative estimate of drug-likeness (QED) is 0.357. The summed E-state index contributed by atoms with van der Waals surface area (Å²) in [6.07, 6.45) is 0. The maximum Gasteiger partial charge on any atom is 0.253 e. The zero-order valence-electron chi connectivity index (χ0n) is 14.9. The Morgan fingerprint density at radius 1 is 1.04 bits per heavy atom. The molecule has 0 saturated heterocycles. The molecule has 0 atom stereocenters. The normalized spacial score (nSPS) is 11.9. The Morgan fingerprint density at radius 2 is 1.59 bits per heavy atom. The topological polar surface area (TPSA) is 104 Å². The van der Waals surface area contributed by atoms with Gasteiger partial charge < -0.3 is 4.55 Å². The predicted molar refractivity (Wildman–Crippen MR) is 102 cm³/mol. The van der Waals surface area contributed by atoms with Gasteiger partial charge in [0.15, 0.2) is 9.84 Å². The predicted octanol–water partition coefficient (Wildman–Crippen LogP) is 2.10. The third kappa shape index (κ3) is 5.81. The van der Waals surface area contributed by atoms with Crippen LogP contribution in [0.2, 0.25) is 0 Å². The maximum atomic E-state index is 12.5. The van der Waals surface area contributed by atoms with Crippen molar-refractivity contribution < 1.29 is 30.1 Å². The first kappa shape index (κ1) is 21.5. The van der Waals surface area contributed by atoms with Crippen molar-refractivity contribution in [3.05, 3.63) is 59.1 Å². The van der Waals surface area contributed by atoms with Crippen molar-refractivity contribution in [1.29, 1.82) is 0 Å². The molecule has 27 heavy (non-hydrogen) atoms. The summed E-state index contributed by atoms with van der Waals surface area (Å²) in [6.45, 7) is 1.95. The zero-order chi connectivity index (χ0) is 20.2. The molecule has 0 N–H and O–H groups in total. The summed E-state index contributed by atoms with van der Waals surface area (Å²) in [5.74, 6) is 0.0336. The average molecular weight is 430 g/mol. The summed E-state index contributed by atoms with van der Waals surface area (Å²) < 4.78 is 59.2. The van der Waals surface area contributed by atoms with Crippen LogP contribution in [0.3, 0.4) is 0 Å². The minimum absolute atomic E-state index is 0.0336. The highest BCUT2D eigenvalue weighted by Gasteiger charge is 2.24. The van der Waals surface area contributed by atoms with E-state index in [1.807, 2.05) is 54.9 Å². The Hall–Kier alpha value is -1.85. The van der Waals surface area contributed by atoms with E-state index in [0.29, 0.717) is 4.90 Å². The molecule has 2 aromatic carbocycles. The summed E-state index contributed by atoms with van der Waals surface area (Å²) >= 11 is 1.53. The number of aromatic nitrogens is 1. The van der Waals surface area contributed by atoms with Gasteiger partial charge in [0.05, 0.1) is 12.0 Å². The van der Waals surface area contributed by atoms with E-state index >= 15 is 0 Å². The first-order chi connectivity index (χ1) is 12.5. The second-order valence-corrected chi connectivity index (χ2v) is 9.92. The smallest absolute Gasteiger partial charge is 0.253 e. The maximum absolute atomic E-state index is 12.5. The van der Waals surface area contributed by atoms with Crippen molar-refractivity contribution in [2.75, 3.05) is 7.11 Å². The number of fused-ring (bicyclic) bond motifs is 1. The molecule has 3 aromatic rings. The summed E-state index contributed by atoms with van der Waals surface area (Å²) in [6, 6.07) is 15.0. The second-order valence-electron chi connectivity index (χ2n) is 5.67. The van der Waals surface area contributed by atoms with Crippen LogP contribution in [0.15, 0.2) is 53.4 Å². The summed E-state index contributed by atoms with van der Waals surface area (Å²) in [5.41, 5.74) is 2.12. The molecule has 0 spiro atoms. The van der Waals surface area contributed by atoms with Crippen LogP contribution >= 0.6 is 11.3 Å². The molecule has 3 rings (SSSR count). The van der Waals surface area contributed by atoms with Crippen molar-refractivity contribution in [2.24, 2.45) is 7.05 Å². The van der Waals surface area contributed by atoms with Crippen molar-refractivity contribution in [3.63, 3.8) is 0 Å². The fourth-order valence-corrected chi connectivity index (χ4v) is 5.15. The van der Waals surface area contributed by atoms with Crippen LogP contribution < -0.4 is 4.57 Å². The number of hydrogen-bond donors (Lipinski definition) is 0. The molecule has 0 unspecified atom stereocenters. The number of thiazole rings is 1. The minimum atomic E-state index is -4.41. The van der Waals surface area contributed by atoms with Crippen LogP contribution in [0.4, 0.5) is 0 Å². The van der Waals surface area contributed by atoms with E-state index in [2.05, 4.69) is 4.18 Å². The van der Waals surface area contributed by atoms with Crippen molar-refractivity contribution in [2.45, 2.75) is 17.6 Å². The molecule has 0 saturated carbocycles. The van der Waals surface area contributed by atoms with Gasteiger partial charge in [-0.25, -0.2) is 16.8 Å². The van der Waals surface area contributed by atoms with Crippen LogP contribution in [0, 0.1) is 6.92 Å². The molecule has 10 heteroatoms. The van der Waals surface area contributed by atoms with Gasteiger partial charge in [-0.3, -0.25) is 4.18 Å². The summed E-state index contributed by atoms with van der Waals surface area (Å²) in [4.78, 5) is 0.380. The van der Waals surface area contributed by atoms with Gasteiger partial charge in [0, 0.05) is 6.07 Å². The summed E-state index contributed by atoms with van der Waals surface area (Å²) in [7, 11) is -5.00. The van der Waals surface area contributed by atoms with Gasteiger partial charge in [0.1, 0.15) is 17.5 Å². The largest absolute Gasteiger partial charge is 0.726 e. The van der Waals surface area contributed by atoms with Gasteiger partial charge in [0.25, 0.3) is 5.01 Å². The Kier molecular flexibility index (Phi) is 6.71. The summed E-state index contributed by atoms with van der Waals surface area (Å²) in [5, 5.41) is 0.844. The lowest BCUT2D eigenvalue weighted by atomic mass is 10.2. The third-order valence-corrected chi connectivity index (χ3v) is 7.18. The van der Waals surface area contributed by atoms with E-state index in [4.69, 9.17) is 0 Å². The Morgan fingerprint density at radius 3 is 2.11 bits per heavy atom. The Labute approximate surface area is 162 Å². The number of nitrogens with zero attached hydrogens (tertiary/aromatic N) is 1. The highest BCUT2D eigenvalue weighted by atomic mass is 32.3. The van der Waals surface area contributed by atoms with E-state index in [1.54, 1.807) is 12.1 Å². The van der Waals surface area contributed by atoms with Crippen LogP contribution in [0.25, 0.3) is 10.2 Å². The molecule has 0 bridgehead atoms. The fourth-order valence-electron chi connectivity index (χ4n) is 2.27. The molecule has 0 aliphatic carbocycles. The highest BCUT2D eigenvalue weighted by Crippen LogP contribution is 2.23. The molecular formula is C17H19NO6S3. The van der Waals surface area contributed by atoms with E-state index in [-0.39, 0.29) is 5.75 Å². The molecule has 0 fully saturated rings. The molecule has 1 heterocycles. The molecule has 7 nitrogen and oxygen atoms in total. The monoisotopic (exact) mass is 429 g/mol. The fraction of sp³-hybridized carbons (Fsp3) is 0.235. The van der Waals surface area contributed by atoms with Crippen LogP contribution in [-0.2, 0) is 37.2 Å². The van der Waals surface area contributed by atoms with E-state index in [0.717, 1.165) is 27.9 Å². The molecule has 1 aromatic heterocycles. The van der Waals surface area contributed by atoms with Gasteiger partial charge in [-0.2, -0.15) is 4.57 Å². The number of hydrogen-bond acceptors (Lipinski definition) is 7. The van der Waals surface area contributed by atoms with Gasteiger partial charge in [-0.1, -0.05) is 41.2 Å². The number of aryl methyl sites for hydroxylation is 2. The lowest BCUT2D eigenvalue weighted by Crippen LogP contribution is -2.32. The zero-order valence-corrected chi connectivity index (χ0v) is 17.4. The van der Waals surface area contributed by atoms with Crippen molar-refractivity contribution in [3.8, 4) is 0 Å². The lowest BCUT2D eigenvalue weighted by molar-refractivity contribution is -0.647. The number of benzene rings is 2. The van der Waals surface area contributed by atoms with Gasteiger partial charge >= 0.3 is 0 Å².